The first-order chi connectivity index (χ1) is 7.86. The van der Waals surface area contributed by atoms with Gasteiger partial charge in [-0.05, 0) is 43.7 Å². The van der Waals surface area contributed by atoms with Crippen LogP contribution in [-0.4, -0.2) is 12.4 Å². The third-order valence-electron chi connectivity index (χ3n) is 3.62. The Labute approximate surface area is 96.8 Å². The Morgan fingerprint density at radius 2 is 2.00 bits per heavy atom. The number of fused-ring (bicyclic) bond motifs is 1. The highest BCUT2D eigenvalue weighted by Crippen LogP contribution is 2.35. The van der Waals surface area contributed by atoms with Crippen LogP contribution in [0.2, 0.25) is 0 Å². The van der Waals surface area contributed by atoms with E-state index in [0.717, 1.165) is 12.4 Å². The molecule has 1 aliphatic carbocycles. The summed E-state index contributed by atoms with van der Waals surface area (Å²) in [6.45, 7) is 1.03. The maximum absolute atomic E-state index is 8.25. The molecule has 0 amide bonds. The highest BCUT2D eigenvalue weighted by atomic mass is 15.2. The van der Waals surface area contributed by atoms with Gasteiger partial charge in [-0.25, -0.2) is 0 Å². The summed E-state index contributed by atoms with van der Waals surface area (Å²) in [5.41, 5.74) is 2.71. The van der Waals surface area contributed by atoms with E-state index in [1.165, 1.54) is 43.4 Å². The minimum absolute atomic E-state index is 0.547. The number of hydrogen-bond donors (Lipinski definition) is 1. The zero-order chi connectivity index (χ0) is 11.0. The van der Waals surface area contributed by atoms with Crippen LogP contribution in [0.15, 0.2) is 24.3 Å². The summed E-state index contributed by atoms with van der Waals surface area (Å²) < 4.78 is 0. The molecule has 0 aromatic heterocycles. The van der Waals surface area contributed by atoms with Gasteiger partial charge in [-0.15, -0.1) is 0 Å². The van der Waals surface area contributed by atoms with E-state index in [1.807, 2.05) is 0 Å². The van der Waals surface area contributed by atoms with Crippen molar-refractivity contribution in [1.29, 1.82) is 5.41 Å². The summed E-state index contributed by atoms with van der Waals surface area (Å²) in [6, 6.07) is 8.60. The van der Waals surface area contributed by atoms with Gasteiger partial charge in [-0.3, -0.25) is 5.41 Å². The van der Waals surface area contributed by atoms with Crippen LogP contribution in [0, 0.1) is 11.3 Å². The molecule has 1 N–H and O–H groups in total. The van der Waals surface area contributed by atoms with E-state index in [-0.39, 0.29) is 0 Å². The molecular formula is C14H18N2. The van der Waals surface area contributed by atoms with Crippen molar-refractivity contribution in [2.45, 2.75) is 32.1 Å². The van der Waals surface area contributed by atoms with Crippen LogP contribution in [0.5, 0.6) is 0 Å². The molecule has 1 heterocycles. The molecule has 3 rings (SSSR count). The second kappa shape index (κ2) is 3.93. The van der Waals surface area contributed by atoms with Crippen molar-refractivity contribution in [1.82, 2.24) is 0 Å². The molecule has 1 aromatic carbocycles. The molecule has 1 aromatic rings. The van der Waals surface area contributed by atoms with E-state index >= 15 is 0 Å². The monoisotopic (exact) mass is 214 g/mol. The van der Waals surface area contributed by atoms with Crippen LogP contribution in [0.3, 0.4) is 0 Å². The second-order valence-corrected chi connectivity index (χ2v) is 4.90. The number of aryl methyl sites for hydroxylation is 1. The van der Waals surface area contributed by atoms with Gasteiger partial charge < -0.3 is 4.90 Å². The van der Waals surface area contributed by atoms with E-state index in [4.69, 9.17) is 5.41 Å². The summed E-state index contributed by atoms with van der Waals surface area (Å²) in [6.07, 6.45) is 6.08. The fraction of sp³-hybridized carbons (Fsp3) is 0.500. The molecule has 2 nitrogen and oxygen atoms in total. The van der Waals surface area contributed by atoms with Gasteiger partial charge in [-0.2, -0.15) is 0 Å². The fourth-order valence-corrected chi connectivity index (χ4v) is 2.52. The molecule has 1 aliphatic heterocycles. The number of amidine groups is 1. The van der Waals surface area contributed by atoms with Gasteiger partial charge in [0.25, 0.3) is 0 Å². The van der Waals surface area contributed by atoms with Crippen LogP contribution >= 0.6 is 0 Å². The lowest BCUT2D eigenvalue weighted by molar-refractivity contribution is 0.761. The van der Waals surface area contributed by atoms with Crippen LogP contribution in [-0.2, 0) is 6.42 Å². The maximum atomic E-state index is 8.25. The Hall–Kier alpha value is -1.31. The standard InChI is InChI=1S/C14H18N2/c15-14(12-8-9-12)16-10-4-3-6-11-5-1-2-7-13(11)16/h1-2,5,7,12,15H,3-4,6,8-10H2. The fourth-order valence-electron chi connectivity index (χ4n) is 2.52. The predicted octanol–water partition coefficient (Wildman–Crippen LogP) is 3.22. The number of nitrogens with zero attached hydrogens (tertiary/aromatic N) is 1. The van der Waals surface area contributed by atoms with Gasteiger partial charge in [0.2, 0.25) is 0 Å². The van der Waals surface area contributed by atoms with Gasteiger partial charge in [-0.1, -0.05) is 18.2 Å². The minimum Gasteiger partial charge on any atom is -0.330 e. The first-order valence-corrected chi connectivity index (χ1v) is 6.30. The topological polar surface area (TPSA) is 27.1 Å². The Balaban J connectivity index is 1.95. The normalized spacial score (nSPS) is 20.1. The van der Waals surface area contributed by atoms with E-state index < -0.39 is 0 Å². The van der Waals surface area contributed by atoms with Crippen molar-refractivity contribution in [3.05, 3.63) is 29.8 Å². The van der Waals surface area contributed by atoms with Crippen molar-refractivity contribution in [2.75, 3.05) is 11.4 Å². The Kier molecular flexibility index (Phi) is 2.43. The second-order valence-electron chi connectivity index (χ2n) is 4.90. The van der Waals surface area contributed by atoms with Crippen molar-refractivity contribution >= 4 is 11.5 Å². The smallest absolute Gasteiger partial charge is 0.103 e. The van der Waals surface area contributed by atoms with E-state index in [9.17, 15) is 0 Å². The lowest BCUT2D eigenvalue weighted by Gasteiger charge is -2.25. The largest absolute Gasteiger partial charge is 0.330 e. The van der Waals surface area contributed by atoms with E-state index in [0.29, 0.717) is 5.92 Å². The molecule has 0 unspecified atom stereocenters. The maximum Gasteiger partial charge on any atom is 0.103 e. The first-order valence-electron chi connectivity index (χ1n) is 6.30. The van der Waals surface area contributed by atoms with Crippen LogP contribution < -0.4 is 4.90 Å². The van der Waals surface area contributed by atoms with Crippen LogP contribution in [0.4, 0.5) is 5.69 Å². The van der Waals surface area contributed by atoms with Crippen molar-refractivity contribution in [2.24, 2.45) is 5.92 Å². The van der Waals surface area contributed by atoms with Gasteiger partial charge in [0.05, 0.1) is 0 Å². The molecule has 2 heteroatoms. The zero-order valence-corrected chi connectivity index (χ0v) is 9.58. The van der Waals surface area contributed by atoms with E-state index in [1.54, 1.807) is 0 Å². The zero-order valence-electron chi connectivity index (χ0n) is 9.58. The summed E-state index contributed by atoms with van der Waals surface area (Å²) in [5.74, 6) is 1.40. The van der Waals surface area contributed by atoms with Crippen molar-refractivity contribution < 1.29 is 0 Å². The number of hydrogen-bond acceptors (Lipinski definition) is 1. The highest BCUT2D eigenvalue weighted by molar-refractivity contribution is 5.99. The summed E-state index contributed by atoms with van der Waals surface area (Å²) >= 11 is 0. The highest BCUT2D eigenvalue weighted by Gasteiger charge is 2.31. The van der Waals surface area contributed by atoms with E-state index in [2.05, 4.69) is 29.2 Å². The Morgan fingerprint density at radius 1 is 1.19 bits per heavy atom. The molecule has 0 radical (unpaired) electrons. The third-order valence-corrected chi connectivity index (χ3v) is 3.62. The molecule has 1 saturated carbocycles. The third kappa shape index (κ3) is 1.73. The Morgan fingerprint density at radius 3 is 2.81 bits per heavy atom. The molecule has 0 saturated heterocycles. The molecule has 84 valence electrons. The Bertz CT molecular complexity index is 407. The molecule has 0 bridgehead atoms. The average Bonchev–Trinajstić information content (AvgIpc) is 3.15. The number of para-hydroxylation sites is 1. The van der Waals surface area contributed by atoms with Gasteiger partial charge in [0.1, 0.15) is 5.84 Å². The molecule has 2 aliphatic rings. The first kappa shape index (κ1) is 9.88. The summed E-state index contributed by atoms with van der Waals surface area (Å²) in [7, 11) is 0. The van der Waals surface area contributed by atoms with Gasteiger partial charge >= 0.3 is 0 Å². The number of benzene rings is 1. The molecule has 0 atom stereocenters. The average molecular weight is 214 g/mol. The summed E-state index contributed by atoms with van der Waals surface area (Å²) in [4.78, 5) is 2.25. The van der Waals surface area contributed by atoms with Crippen molar-refractivity contribution in [3.8, 4) is 0 Å². The molecule has 1 fully saturated rings. The van der Waals surface area contributed by atoms with Crippen LogP contribution in [0.25, 0.3) is 0 Å². The quantitative estimate of drug-likeness (QED) is 0.564. The molecule has 16 heavy (non-hydrogen) atoms. The van der Waals surface area contributed by atoms with Crippen molar-refractivity contribution in [3.63, 3.8) is 0 Å². The number of nitrogens with one attached hydrogen (secondary N) is 1. The number of rotatable bonds is 1. The summed E-state index contributed by atoms with van der Waals surface area (Å²) in [5, 5.41) is 8.25. The van der Waals surface area contributed by atoms with Gasteiger partial charge in [0, 0.05) is 18.2 Å². The lowest BCUT2D eigenvalue weighted by atomic mass is 10.1. The van der Waals surface area contributed by atoms with Crippen LogP contribution in [0.1, 0.15) is 31.2 Å². The minimum atomic E-state index is 0.547. The van der Waals surface area contributed by atoms with Gasteiger partial charge in [0.15, 0.2) is 0 Å². The number of anilines is 1. The predicted molar refractivity (Wildman–Crippen MR) is 67.2 cm³/mol. The SMILES string of the molecule is N=C(C1CC1)N1CCCCc2ccccc21. The lowest BCUT2D eigenvalue weighted by Crippen LogP contribution is -2.32. The molecular weight excluding hydrogens is 196 g/mol. The molecule has 0 spiro atoms.